The lowest BCUT2D eigenvalue weighted by Gasteiger charge is -2.39. The quantitative estimate of drug-likeness (QED) is 0.798. The van der Waals surface area contributed by atoms with Crippen molar-refractivity contribution in [3.05, 3.63) is 18.6 Å². The van der Waals surface area contributed by atoms with E-state index in [9.17, 15) is 4.79 Å². The second-order valence-electron chi connectivity index (χ2n) is 5.88. The van der Waals surface area contributed by atoms with E-state index in [0.29, 0.717) is 6.61 Å². The molecule has 0 radical (unpaired) electrons. The van der Waals surface area contributed by atoms with Gasteiger partial charge in [0.2, 0.25) is 5.91 Å². The lowest BCUT2D eigenvalue weighted by molar-refractivity contribution is -0.139. The summed E-state index contributed by atoms with van der Waals surface area (Å²) in [5, 5.41) is 0. The van der Waals surface area contributed by atoms with Crippen LogP contribution in [0.25, 0.3) is 0 Å². The largest absolute Gasteiger partial charge is 0.372 e. The first-order chi connectivity index (χ1) is 10.7. The lowest BCUT2D eigenvalue weighted by atomic mass is 10.1. The Morgan fingerprint density at radius 3 is 3.09 bits per heavy atom. The van der Waals surface area contributed by atoms with E-state index in [-0.39, 0.29) is 30.8 Å². The summed E-state index contributed by atoms with van der Waals surface area (Å²) in [5.41, 5.74) is 0. The minimum atomic E-state index is -0.0291. The third-order valence-electron chi connectivity index (χ3n) is 4.32. The molecule has 120 valence electrons. The van der Waals surface area contributed by atoms with Crippen LogP contribution in [-0.2, 0) is 14.3 Å². The van der Waals surface area contributed by atoms with Crippen molar-refractivity contribution in [3.63, 3.8) is 0 Å². The predicted molar refractivity (Wildman–Crippen MR) is 80.6 cm³/mol. The number of ether oxygens (including phenoxy) is 2. The molecule has 2 aliphatic rings. The van der Waals surface area contributed by atoms with Crippen molar-refractivity contribution in [1.82, 2.24) is 14.9 Å². The molecule has 0 spiro atoms. The fourth-order valence-corrected chi connectivity index (χ4v) is 3.14. The van der Waals surface area contributed by atoms with Crippen LogP contribution in [0, 0.1) is 0 Å². The van der Waals surface area contributed by atoms with Gasteiger partial charge in [-0.3, -0.25) is 4.79 Å². The minimum absolute atomic E-state index is 0.00122. The SMILES string of the molecule is CN(C)C(=O)CO[C@@H]1CC[C@H]2[C@H]1OCCN2c1ccncn1. The number of rotatable bonds is 4. The van der Waals surface area contributed by atoms with Crippen LogP contribution in [0.5, 0.6) is 0 Å². The van der Waals surface area contributed by atoms with Gasteiger partial charge in [-0.15, -0.1) is 0 Å². The first kappa shape index (κ1) is 15.2. The second-order valence-corrected chi connectivity index (χ2v) is 5.88. The fraction of sp³-hybridized carbons (Fsp3) is 0.667. The van der Waals surface area contributed by atoms with Gasteiger partial charge in [0.1, 0.15) is 24.9 Å². The van der Waals surface area contributed by atoms with Gasteiger partial charge in [0.05, 0.1) is 18.8 Å². The molecular formula is C15H22N4O3. The standard InChI is InChI=1S/C15H22N4O3/c1-18(2)14(20)9-22-12-4-3-11-15(12)21-8-7-19(11)13-5-6-16-10-17-13/h5-6,10-12,15H,3-4,7-9H2,1-2H3/t11-,12+,15+/m0/s1. The number of hydrogen-bond acceptors (Lipinski definition) is 6. The molecule has 1 aliphatic heterocycles. The number of amides is 1. The maximum absolute atomic E-state index is 11.7. The van der Waals surface area contributed by atoms with E-state index in [1.54, 1.807) is 31.5 Å². The summed E-state index contributed by atoms with van der Waals surface area (Å²) in [7, 11) is 3.47. The number of fused-ring (bicyclic) bond motifs is 1. The van der Waals surface area contributed by atoms with E-state index in [2.05, 4.69) is 14.9 Å². The molecule has 3 atom stereocenters. The third-order valence-corrected chi connectivity index (χ3v) is 4.32. The summed E-state index contributed by atoms with van der Waals surface area (Å²) in [4.78, 5) is 23.8. The number of anilines is 1. The molecule has 0 unspecified atom stereocenters. The maximum Gasteiger partial charge on any atom is 0.248 e. The van der Waals surface area contributed by atoms with E-state index in [0.717, 1.165) is 25.2 Å². The zero-order chi connectivity index (χ0) is 15.5. The summed E-state index contributed by atoms with van der Waals surface area (Å²) in [6.07, 6.45) is 5.18. The highest BCUT2D eigenvalue weighted by atomic mass is 16.5. The second kappa shape index (κ2) is 6.58. The lowest BCUT2D eigenvalue weighted by Crippen LogP contribution is -2.52. The fourth-order valence-electron chi connectivity index (χ4n) is 3.14. The first-order valence-corrected chi connectivity index (χ1v) is 7.63. The van der Waals surface area contributed by atoms with Crippen LogP contribution in [-0.4, -0.2) is 72.9 Å². The van der Waals surface area contributed by atoms with E-state index < -0.39 is 0 Å². The molecule has 7 nitrogen and oxygen atoms in total. The zero-order valence-corrected chi connectivity index (χ0v) is 13.0. The Morgan fingerprint density at radius 2 is 2.36 bits per heavy atom. The Morgan fingerprint density at radius 1 is 1.50 bits per heavy atom. The topological polar surface area (TPSA) is 67.8 Å². The Kier molecular flexibility index (Phi) is 4.54. The van der Waals surface area contributed by atoms with Crippen LogP contribution in [0.2, 0.25) is 0 Å². The first-order valence-electron chi connectivity index (χ1n) is 7.63. The Hall–Kier alpha value is -1.73. The smallest absolute Gasteiger partial charge is 0.248 e. The molecule has 1 amide bonds. The van der Waals surface area contributed by atoms with Crippen LogP contribution >= 0.6 is 0 Å². The molecule has 7 heteroatoms. The molecule has 0 aromatic carbocycles. The number of likely N-dealkylation sites (N-methyl/N-ethyl adjacent to an activating group) is 1. The van der Waals surface area contributed by atoms with Crippen molar-refractivity contribution in [2.45, 2.75) is 31.1 Å². The number of morpholine rings is 1. The molecule has 1 saturated heterocycles. The van der Waals surface area contributed by atoms with Gasteiger partial charge >= 0.3 is 0 Å². The monoisotopic (exact) mass is 306 g/mol. The van der Waals surface area contributed by atoms with Gasteiger partial charge in [0, 0.05) is 26.8 Å². The van der Waals surface area contributed by atoms with Gasteiger partial charge < -0.3 is 19.3 Å². The Balaban J connectivity index is 1.64. The van der Waals surface area contributed by atoms with Gasteiger partial charge in [0.15, 0.2) is 0 Å². The highest BCUT2D eigenvalue weighted by Crippen LogP contribution is 2.34. The van der Waals surface area contributed by atoms with Crippen molar-refractivity contribution < 1.29 is 14.3 Å². The van der Waals surface area contributed by atoms with E-state index >= 15 is 0 Å². The molecule has 1 aromatic rings. The summed E-state index contributed by atoms with van der Waals surface area (Å²) < 4.78 is 11.7. The summed E-state index contributed by atoms with van der Waals surface area (Å²) in [5.74, 6) is 0.908. The molecule has 1 aromatic heterocycles. The molecular weight excluding hydrogens is 284 g/mol. The van der Waals surface area contributed by atoms with E-state index in [1.165, 1.54) is 0 Å². The van der Waals surface area contributed by atoms with Crippen LogP contribution in [0.1, 0.15) is 12.8 Å². The van der Waals surface area contributed by atoms with Crippen LogP contribution in [0.15, 0.2) is 18.6 Å². The number of hydrogen-bond donors (Lipinski definition) is 0. The van der Waals surface area contributed by atoms with Gasteiger partial charge in [0.25, 0.3) is 0 Å². The van der Waals surface area contributed by atoms with Crippen LogP contribution in [0.3, 0.4) is 0 Å². The van der Waals surface area contributed by atoms with Crippen molar-refractivity contribution in [2.75, 3.05) is 38.8 Å². The number of aromatic nitrogens is 2. The van der Waals surface area contributed by atoms with E-state index in [1.807, 2.05) is 6.07 Å². The molecule has 2 heterocycles. The highest BCUT2D eigenvalue weighted by Gasteiger charge is 2.44. The van der Waals surface area contributed by atoms with Gasteiger partial charge in [-0.1, -0.05) is 0 Å². The average Bonchev–Trinajstić information content (AvgIpc) is 2.96. The minimum Gasteiger partial charge on any atom is -0.372 e. The maximum atomic E-state index is 11.7. The van der Waals surface area contributed by atoms with Crippen LogP contribution < -0.4 is 4.90 Å². The van der Waals surface area contributed by atoms with Crippen molar-refractivity contribution in [2.24, 2.45) is 0 Å². The van der Waals surface area contributed by atoms with E-state index in [4.69, 9.17) is 9.47 Å². The van der Waals surface area contributed by atoms with Crippen molar-refractivity contribution in [3.8, 4) is 0 Å². The average molecular weight is 306 g/mol. The van der Waals surface area contributed by atoms with Crippen molar-refractivity contribution in [1.29, 1.82) is 0 Å². The molecule has 22 heavy (non-hydrogen) atoms. The molecule has 1 aliphatic carbocycles. The normalized spacial score (nSPS) is 27.5. The van der Waals surface area contributed by atoms with Crippen LogP contribution in [0.4, 0.5) is 5.82 Å². The molecule has 2 fully saturated rings. The Bertz CT molecular complexity index is 511. The number of carbonyl (C=O) groups is 1. The summed E-state index contributed by atoms with van der Waals surface area (Å²) >= 11 is 0. The summed E-state index contributed by atoms with van der Waals surface area (Å²) in [6.45, 7) is 1.58. The highest BCUT2D eigenvalue weighted by molar-refractivity contribution is 5.76. The summed E-state index contributed by atoms with van der Waals surface area (Å²) in [6, 6.07) is 2.18. The molecule has 0 bridgehead atoms. The zero-order valence-electron chi connectivity index (χ0n) is 13.0. The van der Waals surface area contributed by atoms with Gasteiger partial charge in [-0.2, -0.15) is 0 Å². The molecule has 1 saturated carbocycles. The molecule has 0 N–H and O–H groups in total. The Labute approximate surface area is 130 Å². The van der Waals surface area contributed by atoms with Crippen molar-refractivity contribution >= 4 is 11.7 Å². The van der Waals surface area contributed by atoms with Gasteiger partial charge in [-0.05, 0) is 18.9 Å². The number of nitrogens with zero attached hydrogens (tertiary/aromatic N) is 4. The number of carbonyl (C=O) groups excluding carboxylic acids is 1. The molecule has 3 rings (SSSR count). The van der Waals surface area contributed by atoms with Gasteiger partial charge in [-0.25, -0.2) is 9.97 Å². The predicted octanol–water partition coefficient (Wildman–Crippen LogP) is 0.318. The third kappa shape index (κ3) is 3.05.